The van der Waals surface area contributed by atoms with E-state index < -0.39 is 12.2 Å². The van der Waals surface area contributed by atoms with Gasteiger partial charge in [0.05, 0.1) is 12.1 Å². The molecular weight excluding hydrogens is 473 g/mol. The van der Waals surface area contributed by atoms with Crippen molar-refractivity contribution in [2.45, 2.75) is 37.7 Å². The Labute approximate surface area is 205 Å². The SMILES string of the molecule is COC[C@H](C)Oc1ccc2ccc(-c3nnc4ccc([C@@H](N5CCC(N)C5)C(F)(F)F)cn34)nc2c1. The molecule has 1 fully saturated rings. The Morgan fingerprint density at radius 2 is 1.94 bits per heavy atom. The van der Waals surface area contributed by atoms with E-state index in [4.69, 9.17) is 20.2 Å². The summed E-state index contributed by atoms with van der Waals surface area (Å²) in [7, 11) is 1.61. The van der Waals surface area contributed by atoms with Gasteiger partial charge in [-0.15, -0.1) is 10.2 Å². The summed E-state index contributed by atoms with van der Waals surface area (Å²) in [6.45, 7) is 2.83. The molecular formula is C25H27F3N6O2. The van der Waals surface area contributed by atoms with Gasteiger partial charge in [-0.3, -0.25) is 9.30 Å². The largest absolute Gasteiger partial charge is 0.488 e. The van der Waals surface area contributed by atoms with E-state index in [9.17, 15) is 13.2 Å². The lowest BCUT2D eigenvalue weighted by atomic mass is 10.1. The average Bonchev–Trinajstić information content (AvgIpc) is 3.44. The van der Waals surface area contributed by atoms with Crippen molar-refractivity contribution in [2.24, 2.45) is 5.73 Å². The molecule has 1 aromatic carbocycles. The minimum atomic E-state index is -4.45. The van der Waals surface area contributed by atoms with E-state index in [0.717, 1.165) is 5.39 Å². The van der Waals surface area contributed by atoms with E-state index in [0.29, 0.717) is 41.5 Å². The van der Waals surface area contributed by atoms with Crippen molar-refractivity contribution in [3.05, 3.63) is 54.2 Å². The zero-order chi connectivity index (χ0) is 25.4. The second-order valence-corrected chi connectivity index (χ2v) is 9.14. The zero-order valence-electron chi connectivity index (χ0n) is 19.9. The summed E-state index contributed by atoms with van der Waals surface area (Å²) in [4.78, 5) is 6.09. The third-order valence-electron chi connectivity index (χ3n) is 6.30. The molecule has 1 aliphatic rings. The molecule has 0 aliphatic carbocycles. The van der Waals surface area contributed by atoms with Gasteiger partial charge in [-0.1, -0.05) is 12.1 Å². The number of benzene rings is 1. The molecule has 4 aromatic rings. The fraction of sp³-hybridized carbons (Fsp3) is 0.400. The second-order valence-electron chi connectivity index (χ2n) is 9.14. The monoisotopic (exact) mass is 500 g/mol. The van der Waals surface area contributed by atoms with Crippen LogP contribution in [0.1, 0.15) is 24.9 Å². The van der Waals surface area contributed by atoms with E-state index >= 15 is 0 Å². The van der Waals surface area contributed by atoms with Crippen LogP contribution >= 0.6 is 0 Å². The fourth-order valence-corrected chi connectivity index (χ4v) is 4.70. The van der Waals surface area contributed by atoms with Gasteiger partial charge < -0.3 is 15.2 Å². The summed E-state index contributed by atoms with van der Waals surface area (Å²) in [5.41, 5.74) is 7.59. The van der Waals surface area contributed by atoms with Crippen molar-refractivity contribution < 1.29 is 22.6 Å². The molecule has 3 atom stereocenters. The third-order valence-corrected chi connectivity index (χ3v) is 6.30. The predicted octanol–water partition coefficient (Wildman–Crippen LogP) is 3.99. The number of likely N-dealkylation sites (tertiary alicyclic amines) is 1. The first-order chi connectivity index (χ1) is 17.2. The maximum atomic E-state index is 14.1. The normalized spacial score (nSPS) is 18.7. The number of nitrogens with two attached hydrogens (primary N) is 1. The van der Waals surface area contributed by atoms with E-state index in [-0.39, 0.29) is 30.8 Å². The number of rotatable bonds is 7. The predicted molar refractivity (Wildman–Crippen MR) is 129 cm³/mol. The summed E-state index contributed by atoms with van der Waals surface area (Å²) in [5, 5.41) is 9.26. The number of hydrogen-bond acceptors (Lipinski definition) is 7. The van der Waals surface area contributed by atoms with Crippen LogP contribution in [-0.4, -0.2) is 69.6 Å². The Balaban J connectivity index is 1.52. The standard InChI is InChI=1S/C25H27F3N6O2/c1-15(14-35-2)36-19-6-3-16-4-7-20(30-21(16)11-19)24-32-31-22-8-5-17(12-34(22)24)23(25(26,27)28)33-10-9-18(29)13-33/h3-8,11-12,15,18,23H,9-10,13-14,29H2,1-2H3/t15-,18?,23+/m0/s1. The molecule has 3 aromatic heterocycles. The molecule has 2 N–H and O–H groups in total. The third kappa shape index (κ3) is 4.86. The van der Waals surface area contributed by atoms with Gasteiger partial charge in [-0.05, 0) is 43.2 Å². The van der Waals surface area contributed by atoms with Crippen LogP contribution in [0.15, 0.2) is 48.7 Å². The lowest BCUT2D eigenvalue weighted by Gasteiger charge is -2.30. The molecule has 0 saturated carbocycles. The number of fused-ring (bicyclic) bond motifs is 2. The fourth-order valence-electron chi connectivity index (χ4n) is 4.70. The smallest absolute Gasteiger partial charge is 0.408 e. The van der Waals surface area contributed by atoms with Gasteiger partial charge in [0.15, 0.2) is 11.5 Å². The first-order valence-corrected chi connectivity index (χ1v) is 11.7. The summed E-state index contributed by atoms with van der Waals surface area (Å²) in [6.07, 6.45) is -2.61. The Morgan fingerprint density at radius 1 is 1.14 bits per heavy atom. The molecule has 0 bridgehead atoms. The first kappa shape index (κ1) is 24.4. The van der Waals surface area contributed by atoms with Gasteiger partial charge in [0.1, 0.15) is 23.6 Å². The van der Waals surface area contributed by atoms with Gasteiger partial charge in [0.25, 0.3) is 0 Å². The number of nitrogens with zero attached hydrogens (tertiary/aromatic N) is 5. The minimum Gasteiger partial charge on any atom is -0.488 e. The molecule has 11 heteroatoms. The number of halogens is 3. The number of hydrogen-bond donors (Lipinski definition) is 1. The summed E-state index contributed by atoms with van der Waals surface area (Å²) in [5.74, 6) is 0.994. The molecule has 1 saturated heterocycles. The number of pyridine rings is 2. The highest BCUT2D eigenvalue weighted by atomic mass is 19.4. The van der Waals surface area contributed by atoms with Gasteiger partial charge in [-0.25, -0.2) is 4.98 Å². The van der Waals surface area contributed by atoms with Crippen LogP contribution in [0.3, 0.4) is 0 Å². The Morgan fingerprint density at radius 3 is 2.67 bits per heavy atom. The average molecular weight is 501 g/mol. The molecule has 0 spiro atoms. The van der Waals surface area contributed by atoms with Crippen LogP contribution in [0, 0.1) is 0 Å². The molecule has 1 unspecified atom stereocenters. The van der Waals surface area contributed by atoms with E-state index in [1.807, 2.05) is 31.2 Å². The van der Waals surface area contributed by atoms with E-state index in [2.05, 4.69) is 10.2 Å². The summed E-state index contributed by atoms with van der Waals surface area (Å²) in [6, 6.07) is 10.2. The maximum Gasteiger partial charge on any atom is 0.408 e. The molecule has 1 aliphatic heterocycles. The Kier molecular flexibility index (Phi) is 6.54. The quantitative estimate of drug-likeness (QED) is 0.410. The van der Waals surface area contributed by atoms with Crippen molar-refractivity contribution >= 4 is 16.6 Å². The zero-order valence-corrected chi connectivity index (χ0v) is 19.9. The highest BCUT2D eigenvalue weighted by Gasteiger charge is 2.46. The van der Waals surface area contributed by atoms with Crippen LogP contribution in [-0.2, 0) is 4.74 Å². The summed E-state index contributed by atoms with van der Waals surface area (Å²) >= 11 is 0. The van der Waals surface area contributed by atoms with E-state index in [1.54, 1.807) is 23.6 Å². The lowest BCUT2D eigenvalue weighted by Crippen LogP contribution is -2.38. The van der Waals surface area contributed by atoms with Crippen LogP contribution in [0.2, 0.25) is 0 Å². The molecule has 0 amide bonds. The van der Waals surface area contributed by atoms with Crippen molar-refractivity contribution in [1.82, 2.24) is 24.5 Å². The number of methoxy groups -OCH3 is 1. The molecule has 0 radical (unpaired) electrons. The van der Waals surface area contributed by atoms with Crippen molar-refractivity contribution in [3.63, 3.8) is 0 Å². The number of alkyl halides is 3. The van der Waals surface area contributed by atoms with Crippen LogP contribution in [0.5, 0.6) is 5.75 Å². The molecule has 36 heavy (non-hydrogen) atoms. The Bertz CT molecular complexity index is 1380. The molecule has 190 valence electrons. The van der Waals surface area contributed by atoms with Gasteiger partial charge in [0, 0.05) is 43.9 Å². The van der Waals surface area contributed by atoms with Crippen molar-refractivity contribution in [3.8, 4) is 17.3 Å². The minimum absolute atomic E-state index is 0.105. The van der Waals surface area contributed by atoms with Gasteiger partial charge in [0.2, 0.25) is 0 Å². The highest BCUT2D eigenvalue weighted by Crippen LogP contribution is 2.39. The summed E-state index contributed by atoms with van der Waals surface area (Å²) < 4.78 is 54.9. The Hall–Kier alpha value is -3.28. The van der Waals surface area contributed by atoms with Crippen molar-refractivity contribution in [2.75, 3.05) is 26.8 Å². The van der Waals surface area contributed by atoms with Crippen molar-refractivity contribution in [1.29, 1.82) is 0 Å². The molecule has 5 rings (SSSR count). The van der Waals surface area contributed by atoms with Gasteiger partial charge in [-0.2, -0.15) is 13.2 Å². The first-order valence-electron chi connectivity index (χ1n) is 11.7. The van der Waals surface area contributed by atoms with Crippen LogP contribution in [0.25, 0.3) is 28.1 Å². The van der Waals surface area contributed by atoms with E-state index in [1.165, 1.54) is 17.2 Å². The molecule has 4 heterocycles. The maximum absolute atomic E-state index is 14.1. The highest BCUT2D eigenvalue weighted by molar-refractivity contribution is 5.82. The molecule has 8 nitrogen and oxygen atoms in total. The number of aromatic nitrogens is 4. The van der Waals surface area contributed by atoms with Crippen LogP contribution in [0.4, 0.5) is 13.2 Å². The topological polar surface area (TPSA) is 90.8 Å². The second kappa shape index (κ2) is 9.64. The van der Waals surface area contributed by atoms with Gasteiger partial charge >= 0.3 is 6.18 Å². The number of ether oxygens (including phenoxy) is 2. The lowest BCUT2D eigenvalue weighted by molar-refractivity contribution is -0.183. The van der Waals surface area contributed by atoms with Crippen LogP contribution < -0.4 is 10.5 Å².